The second-order valence-corrected chi connectivity index (χ2v) is 5.67. The molecule has 0 aliphatic heterocycles. The summed E-state index contributed by atoms with van der Waals surface area (Å²) in [5.41, 5.74) is 2.18. The van der Waals surface area contributed by atoms with Crippen molar-refractivity contribution in [3.05, 3.63) is 35.4 Å². The number of hydrogen-bond acceptors (Lipinski definition) is 2. The first-order valence-electron chi connectivity index (χ1n) is 6.31. The monoisotopic (exact) mass is 250 g/mol. The van der Waals surface area contributed by atoms with Crippen molar-refractivity contribution in [2.24, 2.45) is 0 Å². The summed E-state index contributed by atoms with van der Waals surface area (Å²) in [7, 11) is 0. The third-order valence-electron chi connectivity index (χ3n) is 3.03. The van der Waals surface area contributed by atoms with Crippen LogP contribution in [0.15, 0.2) is 24.3 Å². The molecule has 3 heteroatoms. The molecule has 0 bridgehead atoms. The molecule has 1 rings (SSSR count). The van der Waals surface area contributed by atoms with Gasteiger partial charge in [-0.15, -0.1) is 0 Å². The lowest BCUT2D eigenvalue weighted by Gasteiger charge is -2.20. The van der Waals surface area contributed by atoms with E-state index in [0.717, 1.165) is 5.56 Å². The van der Waals surface area contributed by atoms with Crippen LogP contribution in [0.5, 0.6) is 0 Å². The van der Waals surface area contributed by atoms with E-state index in [0.29, 0.717) is 12.8 Å². The average Bonchev–Trinajstić information content (AvgIpc) is 2.27. The van der Waals surface area contributed by atoms with Gasteiger partial charge < -0.3 is 10.2 Å². The lowest BCUT2D eigenvalue weighted by atomic mass is 9.86. The van der Waals surface area contributed by atoms with Gasteiger partial charge in [-0.3, -0.25) is 4.79 Å². The van der Waals surface area contributed by atoms with Gasteiger partial charge in [0.1, 0.15) is 0 Å². The lowest BCUT2D eigenvalue weighted by Crippen LogP contribution is -2.11. The second-order valence-electron chi connectivity index (χ2n) is 5.67. The van der Waals surface area contributed by atoms with Crippen LogP contribution < -0.4 is 0 Å². The minimum Gasteiger partial charge on any atom is -0.481 e. The Morgan fingerprint density at radius 3 is 2.22 bits per heavy atom. The molecule has 2 N–H and O–H groups in total. The van der Waals surface area contributed by atoms with Crippen LogP contribution in [0.4, 0.5) is 0 Å². The molecule has 0 spiro atoms. The van der Waals surface area contributed by atoms with Gasteiger partial charge in [0.2, 0.25) is 0 Å². The summed E-state index contributed by atoms with van der Waals surface area (Å²) < 4.78 is 0. The minimum atomic E-state index is -0.815. The van der Waals surface area contributed by atoms with Gasteiger partial charge in [0.25, 0.3) is 0 Å². The number of carboxylic acids is 1. The fraction of sp³-hybridized carbons (Fsp3) is 0.533. The van der Waals surface area contributed by atoms with Gasteiger partial charge >= 0.3 is 5.97 Å². The molecule has 0 saturated carbocycles. The first-order chi connectivity index (χ1) is 8.30. The van der Waals surface area contributed by atoms with E-state index in [1.54, 1.807) is 0 Å². The molecule has 18 heavy (non-hydrogen) atoms. The number of benzene rings is 1. The number of aliphatic hydroxyl groups excluding tert-OH is 1. The molecule has 1 unspecified atom stereocenters. The Morgan fingerprint density at radius 1 is 1.22 bits per heavy atom. The maximum Gasteiger partial charge on any atom is 0.303 e. The van der Waals surface area contributed by atoms with E-state index in [-0.39, 0.29) is 11.8 Å². The highest BCUT2D eigenvalue weighted by atomic mass is 16.4. The third kappa shape index (κ3) is 4.49. The van der Waals surface area contributed by atoms with Gasteiger partial charge in [-0.1, -0.05) is 45.0 Å². The zero-order valence-corrected chi connectivity index (χ0v) is 11.3. The Balaban J connectivity index is 2.59. The fourth-order valence-electron chi connectivity index (χ4n) is 1.82. The predicted octanol–water partition coefficient (Wildman–Crippen LogP) is 3.27. The van der Waals surface area contributed by atoms with Crippen molar-refractivity contribution >= 4 is 5.97 Å². The van der Waals surface area contributed by atoms with E-state index in [2.05, 4.69) is 20.8 Å². The van der Waals surface area contributed by atoms with Crippen molar-refractivity contribution in [1.82, 2.24) is 0 Å². The summed E-state index contributed by atoms with van der Waals surface area (Å²) in [6, 6.07) is 7.89. The van der Waals surface area contributed by atoms with E-state index in [9.17, 15) is 9.90 Å². The number of aliphatic carboxylic acids is 1. The first-order valence-corrected chi connectivity index (χ1v) is 6.31. The highest BCUT2D eigenvalue weighted by molar-refractivity contribution is 5.66. The van der Waals surface area contributed by atoms with Crippen molar-refractivity contribution in [2.75, 3.05) is 0 Å². The zero-order chi connectivity index (χ0) is 13.8. The largest absolute Gasteiger partial charge is 0.481 e. The molecule has 1 aromatic rings. The molecule has 0 aliphatic rings. The van der Waals surface area contributed by atoms with Gasteiger partial charge in [0.15, 0.2) is 0 Å². The highest BCUT2D eigenvalue weighted by Gasteiger charge is 2.14. The summed E-state index contributed by atoms with van der Waals surface area (Å²) in [5.74, 6) is -0.815. The maximum atomic E-state index is 10.4. The predicted molar refractivity (Wildman–Crippen MR) is 71.6 cm³/mol. The zero-order valence-electron chi connectivity index (χ0n) is 11.3. The molecule has 100 valence electrons. The summed E-state index contributed by atoms with van der Waals surface area (Å²) >= 11 is 0. The molecule has 0 amide bonds. The van der Waals surface area contributed by atoms with E-state index in [1.807, 2.05) is 24.3 Å². The number of aliphatic hydroxyl groups is 1. The minimum absolute atomic E-state index is 0.104. The van der Waals surface area contributed by atoms with Crippen molar-refractivity contribution in [3.8, 4) is 0 Å². The molecular weight excluding hydrogens is 228 g/mol. The molecule has 0 radical (unpaired) electrons. The van der Waals surface area contributed by atoms with E-state index >= 15 is 0 Å². The molecule has 0 saturated heterocycles. The number of rotatable bonds is 5. The molecule has 1 atom stereocenters. The number of carboxylic acid groups (broad SMARTS) is 1. The van der Waals surface area contributed by atoms with E-state index in [4.69, 9.17) is 5.11 Å². The van der Waals surface area contributed by atoms with Crippen LogP contribution in [0.3, 0.4) is 0 Å². The second kappa shape index (κ2) is 6.01. The van der Waals surface area contributed by atoms with Gasteiger partial charge in [-0.2, -0.15) is 0 Å². The number of hydrogen-bond donors (Lipinski definition) is 2. The van der Waals surface area contributed by atoms with Gasteiger partial charge in [0, 0.05) is 6.42 Å². The molecule has 3 nitrogen and oxygen atoms in total. The van der Waals surface area contributed by atoms with Crippen molar-refractivity contribution in [3.63, 3.8) is 0 Å². The van der Waals surface area contributed by atoms with E-state index in [1.165, 1.54) is 5.56 Å². The molecular formula is C15H22O3. The van der Waals surface area contributed by atoms with Crippen LogP contribution in [0.2, 0.25) is 0 Å². The Labute approximate surface area is 108 Å². The van der Waals surface area contributed by atoms with Crippen molar-refractivity contribution in [2.45, 2.75) is 51.6 Å². The quantitative estimate of drug-likeness (QED) is 0.843. The van der Waals surface area contributed by atoms with Gasteiger partial charge in [-0.05, 0) is 29.4 Å². The Hall–Kier alpha value is -1.35. The van der Waals surface area contributed by atoms with E-state index < -0.39 is 12.1 Å². The Kier molecular flexibility index (Phi) is 4.91. The van der Waals surface area contributed by atoms with Crippen LogP contribution >= 0.6 is 0 Å². The summed E-state index contributed by atoms with van der Waals surface area (Å²) in [6.45, 7) is 6.43. The number of carbonyl (C=O) groups is 1. The van der Waals surface area contributed by atoms with Crippen molar-refractivity contribution < 1.29 is 15.0 Å². The molecule has 0 aromatic heterocycles. The van der Waals surface area contributed by atoms with Crippen LogP contribution in [-0.4, -0.2) is 16.2 Å². The first kappa shape index (κ1) is 14.7. The van der Waals surface area contributed by atoms with Crippen molar-refractivity contribution in [1.29, 1.82) is 0 Å². The molecule has 0 aliphatic carbocycles. The molecule has 0 fully saturated rings. The third-order valence-corrected chi connectivity index (χ3v) is 3.03. The van der Waals surface area contributed by atoms with Crippen LogP contribution in [0.25, 0.3) is 0 Å². The van der Waals surface area contributed by atoms with Crippen LogP contribution in [-0.2, 0) is 10.2 Å². The molecule has 0 heterocycles. The standard InChI is InChI=1S/C15H22O3/c1-15(2,3)12-9-7-11(8-10-12)13(16)5-4-6-14(17)18/h7-10,13,16H,4-6H2,1-3H3,(H,17,18). The highest BCUT2D eigenvalue weighted by Crippen LogP contribution is 2.25. The summed E-state index contributed by atoms with van der Waals surface area (Å²) in [4.78, 5) is 10.4. The van der Waals surface area contributed by atoms with Crippen LogP contribution in [0.1, 0.15) is 57.3 Å². The Bertz CT molecular complexity index is 387. The smallest absolute Gasteiger partial charge is 0.303 e. The SMILES string of the molecule is CC(C)(C)c1ccc(C(O)CCCC(=O)O)cc1. The molecule has 1 aromatic carbocycles. The summed E-state index contributed by atoms with van der Waals surface area (Å²) in [6.07, 6.45) is 0.522. The van der Waals surface area contributed by atoms with Gasteiger partial charge in [-0.25, -0.2) is 0 Å². The fourth-order valence-corrected chi connectivity index (χ4v) is 1.82. The Morgan fingerprint density at radius 2 is 1.78 bits per heavy atom. The summed E-state index contributed by atoms with van der Waals surface area (Å²) in [5, 5.41) is 18.5. The average molecular weight is 250 g/mol. The normalized spacial score (nSPS) is 13.3. The maximum absolute atomic E-state index is 10.4. The van der Waals surface area contributed by atoms with Crippen LogP contribution in [0, 0.1) is 0 Å². The topological polar surface area (TPSA) is 57.5 Å². The van der Waals surface area contributed by atoms with Gasteiger partial charge in [0.05, 0.1) is 6.10 Å². The lowest BCUT2D eigenvalue weighted by molar-refractivity contribution is -0.137.